The van der Waals surface area contributed by atoms with Crippen molar-refractivity contribution in [2.75, 3.05) is 23.1 Å². The molecule has 0 aliphatic heterocycles. The summed E-state index contributed by atoms with van der Waals surface area (Å²) in [5.74, 6) is 0.127. The Bertz CT molecular complexity index is 1410. The van der Waals surface area contributed by atoms with Crippen LogP contribution in [0.4, 0.5) is 33.2 Å². The van der Waals surface area contributed by atoms with Crippen molar-refractivity contribution in [2.45, 2.75) is 0 Å². The van der Waals surface area contributed by atoms with Gasteiger partial charge in [0.2, 0.25) is 11.9 Å². The van der Waals surface area contributed by atoms with Gasteiger partial charge in [-0.3, -0.25) is 9.48 Å². The number of aromatic nitrogens is 4. The number of amides is 1. The average Bonchev–Trinajstić information content (AvgIpc) is 3.26. The number of nitrogens with zero attached hydrogens (tertiary/aromatic N) is 4. The minimum Gasteiger partial charge on any atom is -0.497 e. The van der Waals surface area contributed by atoms with Crippen LogP contribution < -0.4 is 20.7 Å². The predicted octanol–water partition coefficient (Wildman–Crippen LogP) is 5.29. The zero-order valence-corrected chi connectivity index (χ0v) is 19.6. The van der Waals surface area contributed by atoms with Gasteiger partial charge in [0.25, 0.3) is 0 Å². The van der Waals surface area contributed by atoms with Gasteiger partial charge in [-0.25, -0.2) is 9.37 Å². The third-order valence-corrected chi connectivity index (χ3v) is 5.22. The van der Waals surface area contributed by atoms with E-state index >= 15 is 0 Å². The number of carbonyl (C=O) groups is 1. The van der Waals surface area contributed by atoms with Crippen LogP contribution in [0.15, 0.2) is 67.6 Å². The van der Waals surface area contributed by atoms with E-state index in [4.69, 9.17) is 16.3 Å². The lowest BCUT2D eigenvalue weighted by molar-refractivity contribution is -0.111. The van der Waals surface area contributed by atoms with E-state index in [2.05, 4.69) is 37.6 Å². The molecular formula is C24H21ClFN7O2. The molecule has 0 aliphatic carbocycles. The maximum atomic E-state index is 14.7. The molecule has 0 bridgehead atoms. The first kappa shape index (κ1) is 23.7. The van der Waals surface area contributed by atoms with Crippen molar-refractivity contribution in [3.05, 3.63) is 78.5 Å². The van der Waals surface area contributed by atoms with E-state index in [0.717, 1.165) is 6.08 Å². The summed E-state index contributed by atoms with van der Waals surface area (Å²) in [5, 5.41) is 13.2. The number of hydrogen-bond acceptors (Lipinski definition) is 7. The minimum absolute atomic E-state index is 0.0816. The fourth-order valence-electron chi connectivity index (χ4n) is 3.21. The number of nitrogens with one attached hydrogen (secondary N) is 3. The molecule has 0 unspecified atom stereocenters. The molecular weight excluding hydrogens is 473 g/mol. The molecule has 0 saturated carbocycles. The van der Waals surface area contributed by atoms with Crippen molar-refractivity contribution in [1.82, 2.24) is 19.7 Å². The van der Waals surface area contributed by atoms with E-state index < -0.39 is 11.7 Å². The van der Waals surface area contributed by atoms with E-state index in [1.165, 1.54) is 18.2 Å². The molecule has 0 spiro atoms. The predicted molar refractivity (Wildman–Crippen MR) is 134 cm³/mol. The number of aryl methyl sites for hydroxylation is 1. The Labute approximate surface area is 205 Å². The summed E-state index contributed by atoms with van der Waals surface area (Å²) in [7, 11) is 3.33. The monoisotopic (exact) mass is 493 g/mol. The fourth-order valence-corrected chi connectivity index (χ4v) is 3.43. The second kappa shape index (κ2) is 10.2. The maximum absolute atomic E-state index is 14.7. The quantitative estimate of drug-likeness (QED) is 0.286. The van der Waals surface area contributed by atoms with Crippen LogP contribution in [0.1, 0.15) is 0 Å². The van der Waals surface area contributed by atoms with E-state index in [9.17, 15) is 9.18 Å². The van der Waals surface area contributed by atoms with Gasteiger partial charge in [-0.2, -0.15) is 10.1 Å². The van der Waals surface area contributed by atoms with Gasteiger partial charge in [-0.1, -0.05) is 18.2 Å². The zero-order valence-electron chi connectivity index (χ0n) is 18.8. The largest absolute Gasteiger partial charge is 0.497 e. The van der Waals surface area contributed by atoms with Crippen LogP contribution in [0.3, 0.4) is 0 Å². The second-order valence-electron chi connectivity index (χ2n) is 7.34. The molecule has 2 heterocycles. The fraction of sp³-hybridized carbons (Fsp3) is 0.0833. The number of benzene rings is 2. The second-order valence-corrected chi connectivity index (χ2v) is 7.75. The lowest BCUT2D eigenvalue weighted by atomic mass is 10.1. The summed E-state index contributed by atoms with van der Waals surface area (Å²) in [6.07, 6.45) is 6.07. The molecule has 11 heteroatoms. The van der Waals surface area contributed by atoms with Gasteiger partial charge in [-0.05, 0) is 42.5 Å². The topological polar surface area (TPSA) is 106 Å². The van der Waals surface area contributed by atoms with Crippen LogP contribution in [0.5, 0.6) is 5.75 Å². The zero-order chi connectivity index (χ0) is 24.9. The Morgan fingerprint density at radius 2 is 1.97 bits per heavy atom. The molecule has 35 heavy (non-hydrogen) atoms. The van der Waals surface area contributed by atoms with Gasteiger partial charge >= 0.3 is 0 Å². The molecule has 3 N–H and O–H groups in total. The molecule has 0 saturated heterocycles. The Hall–Kier alpha value is -4.44. The highest BCUT2D eigenvalue weighted by atomic mass is 35.5. The highest BCUT2D eigenvalue weighted by molar-refractivity contribution is 6.33. The van der Waals surface area contributed by atoms with Gasteiger partial charge in [0.05, 0.1) is 24.7 Å². The van der Waals surface area contributed by atoms with Crippen molar-refractivity contribution in [2.24, 2.45) is 7.05 Å². The highest BCUT2D eigenvalue weighted by Crippen LogP contribution is 2.37. The first-order valence-corrected chi connectivity index (χ1v) is 10.7. The summed E-state index contributed by atoms with van der Waals surface area (Å²) >= 11 is 6.47. The highest BCUT2D eigenvalue weighted by Gasteiger charge is 2.16. The number of halogens is 2. The van der Waals surface area contributed by atoms with Crippen molar-refractivity contribution >= 4 is 46.3 Å². The lowest BCUT2D eigenvalue weighted by Crippen LogP contribution is -2.08. The Balaban J connectivity index is 1.78. The minimum atomic E-state index is -0.551. The van der Waals surface area contributed by atoms with Crippen LogP contribution in [0.25, 0.3) is 11.1 Å². The normalized spacial score (nSPS) is 10.5. The molecule has 0 atom stereocenters. The van der Waals surface area contributed by atoms with Crippen LogP contribution in [-0.2, 0) is 11.8 Å². The van der Waals surface area contributed by atoms with Gasteiger partial charge in [0, 0.05) is 41.3 Å². The SMILES string of the molecule is C=CC(=O)Nc1ccc(F)c(Nc2nc(Nc3cnn(C)c3)ncc2-c2cc(OC)ccc2Cl)c1. The Morgan fingerprint density at radius 1 is 1.14 bits per heavy atom. The van der Waals surface area contributed by atoms with Crippen LogP contribution in [0, 0.1) is 5.82 Å². The Morgan fingerprint density at radius 3 is 2.69 bits per heavy atom. The molecule has 4 aromatic rings. The molecule has 2 aromatic carbocycles. The summed E-state index contributed by atoms with van der Waals surface area (Å²) in [6, 6.07) is 9.27. The summed E-state index contributed by atoms with van der Waals surface area (Å²) in [6.45, 7) is 3.42. The number of rotatable bonds is 8. The van der Waals surface area contributed by atoms with Crippen molar-refractivity contribution in [3.63, 3.8) is 0 Å². The lowest BCUT2D eigenvalue weighted by Gasteiger charge is -2.15. The molecule has 4 rings (SSSR count). The molecule has 178 valence electrons. The number of carbonyl (C=O) groups excluding carboxylic acids is 1. The van der Waals surface area contributed by atoms with E-state index in [1.54, 1.807) is 55.6 Å². The summed E-state index contributed by atoms with van der Waals surface area (Å²) in [5.41, 5.74) is 2.22. The van der Waals surface area contributed by atoms with E-state index in [1.807, 2.05) is 0 Å². The van der Waals surface area contributed by atoms with Crippen molar-refractivity contribution in [1.29, 1.82) is 0 Å². The number of hydrogen-bond donors (Lipinski definition) is 3. The third kappa shape index (κ3) is 5.56. The molecule has 0 fully saturated rings. The van der Waals surface area contributed by atoms with Crippen molar-refractivity contribution in [3.8, 4) is 16.9 Å². The van der Waals surface area contributed by atoms with Gasteiger partial charge in [-0.15, -0.1) is 0 Å². The molecule has 0 radical (unpaired) electrons. The van der Waals surface area contributed by atoms with Crippen LogP contribution in [-0.4, -0.2) is 32.8 Å². The van der Waals surface area contributed by atoms with E-state index in [0.29, 0.717) is 33.3 Å². The Kier molecular flexibility index (Phi) is 6.93. The van der Waals surface area contributed by atoms with Gasteiger partial charge in [0.15, 0.2) is 0 Å². The number of anilines is 5. The van der Waals surface area contributed by atoms with Gasteiger partial charge < -0.3 is 20.7 Å². The van der Waals surface area contributed by atoms with Crippen LogP contribution in [0.2, 0.25) is 5.02 Å². The van der Waals surface area contributed by atoms with E-state index in [-0.39, 0.29) is 17.5 Å². The smallest absolute Gasteiger partial charge is 0.247 e. The number of ether oxygens (including phenoxy) is 1. The number of methoxy groups -OCH3 is 1. The standard InChI is InChI=1S/C24H21ClFN7O2/c1-4-22(34)29-14-5-8-20(26)21(9-14)31-23-18(17-10-16(35-3)6-7-19(17)25)12-27-24(32-23)30-15-11-28-33(2)13-15/h4-13H,1H2,2-3H3,(H,29,34)(H2,27,30,31,32). The van der Waals surface area contributed by atoms with Crippen LogP contribution >= 0.6 is 11.6 Å². The first-order valence-electron chi connectivity index (χ1n) is 10.3. The third-order valence-electron chi connectivity index (χ3n) is 4.89. The van der Waals surface area contributed by atoms with Crippen molar-refractivity contribution < 1.29 is 13.9 Å². The first-order chi connectivity index (χ1) is 16.9. The maximum Gasteiger partial charge on any atom is 0.247 e. The summed E-state index contributed by atoms with van der Waals surface area (Å²) < 4.78 is 21.7. The molecule has 1 amide bonds. The molecule has 9 nitrogen and oxygen atoms in total. The van der Waals surface area contributed by atoms with Gasteiger partial charge in [0.1, 0.15) is 17.4 Å². The molecule has 2 aromatic heterocycles. The average molecular weight is 494 g/mol. The summed E-state index contributed by atoms with van der Waals surface area (Å²) in [4.78, 5) is 20.6. The molecule has 0 aliphatic rings.